The van der Waals surface area contributed by atoms with Gasteiger partial charge in [-0.2, -0.15) is 0 Å². The highest BCUT2D eigenvalue weighted by Crippen LogP contribution is 2.30. The predicted molar refractivity (Wildman–Crippen MR) is 128 cm³/mol. The van der Waals surface area contributed by atoms with Crippen LogP contribution in [0.25, 0.3) is 0 Å². The van der Waals surface area contributed by atoms with Gasteiger partial charge in [-0.15, -0.1) is 24.0 Å². The summed E-state index contributed by atoms with van der Waals surface area (Å²) in [5.74, 6) is 2.69. The zero-order valence-corrected chi connectivity index (χ0v) is 20.3. The summed E-state index contributed by atoms with van der Waals surface area (Å²) in [6.07, 6.45) is 11.0. The minimum atomic E-state index is -0.129. The number of carbonyl (C=O) groups is 1. The van der Waals surface area contributed by atoms with E-state index in [2.05, 4.69) is 27.4 Å². The van der Waals surface area contributed by atoms with E-state index in [9.17, 15) is 4.79 Å². The maximum absolute atomic E-state index is 11.2. The van der Waals surface area contributed by atoms with E-state index in [-0.39, 0.29) is 35.8 Å². The van der Waals surface area contributed by atoms with Crippen LogP contribution in [0, 0.1) is 17.8 Å². The first-order chi connectivity index (χ1) is 13.1. The van der Waals surface area contributed by atoms with Crippen LogP contribution in [-0.4, -0.2) is 56.5 Å². The number of halogens is 1. The van der Waals surface area contributed by atoms with Crippen molar-refractivity contribution >= 4 is 35.8 Å². The molecule has 7 heteroatoms. The van der Waals surface area contributed by atoms with E-state index >= 15 is 0 Å². The second-order valence-electron chi connectivity index (χ2n) is 8.58. The third-order valence-corrected chi connectivity index (χ3v) is 6.30. The average Bonchev–Trinajstić information content (AvgIpc) is 2.66. The topological polar surface area (TPSA) is 82.8 Å². The summed E-state index contributed by atoms with van der Waals surface area (Å²) >= 11 is 0. The molecular formula is C21H42IN5O. The van der Waals surface area contributed by atoms with Gasteiger partial charge in [0.15, 0.2) is 5.96 Å². The van der Waals surface area contributed by atoms with Gasteiger partial charge >= 0.3 is 0 Å². The molecule has 2 unspecified atom stereocenters. The van der Waals surface area contributed by atoms with E-state index in [1.165, 1.54) is 38.5 Å². The summed E-state index contributed by atoms with van der Waals surface area (Å²) in [5.41, 5.74) is 5.39. The molecule has 1 amide bonds. The second kappa shape index (κ2) is 14.4. The van der Waals surface area contributed by atoms with Crippen molar-refractivity contribution in [2.45, 2.75) is 64.7 Å². The summed E-state index contributed by atoms with van der Waals surface area (Å²) in [4.78, 5) is 18.0. The number of primary amides is 1. The van der Waals surface area contributed by atoms with Gasteiger partial charge < -0.3 is 21.3 Å². The molecule has 1 aliphatic heterocycles. The van der Waals surface area contributed by atoms with Gasteiger partial charge in [-0.25, -0.2) is 0 Å². The van der Waals surface area contributed by atoms with Gasteiger partial charge in [-0.05, 0) is 70.0 Å². The zero-order valence-electron chi connectivity index (χ0n) is 17.9. The minimum absolute atomic E-state index is 0. The van der Waals surface area contributed by atoms with Gasteiger partial charge in [-0.1, -0.05) is 26.2 Å². The van der Waals surface area contributed by atoms with Crippen LogP contribution in [0.2, 0.25) is 0 Å². The summed E-state index contributed by atoms with van der Waals surface area (Å²) < 4.78 is 0. The van der Waals surface area contributed by atoms with Crippen molar-refractivity contribution in [3.05, 3.63) is 0 Å². The normalized spacial score (nSPS) is 24.4. The molecule has 6 nitrogen and oxygen atoms in total. The first kappa shape index (κ1) is 25.5. The molecule has 1 aliphatic carbocycles. The SMILES string of the molecule is CN=C(NCCCCN1CCC(C(N)=O)CC1)NCCC1CCCC(C)C1.I. The molecular weight excluding hydrogens is 465 g/mol. The number of nitrogens with one attached hydrogen (secondary N) is 2. The Hall–Kier alpha value is -0.570. The average molecular weight is 508 g/mol. The molecule has 2 rings (SSSR count). The van der Waals surface area contributed by atoms with Crippen molar-refractivity contribution in [3.8, 4) is 0 Å². The molecule has 2 aliphatic rings. The van der Waals surface area contributed by atoms with Crippen molar-refractivity contribution < 1.29 is 4.79 Å². The lowest BCUT2D eigenvalue weighted by Gasteiger charge is -2.30. The lowest BCUT2D eigenvalue weighted by Crippen LogP contribution is -2.40. The van der Waals surface area contributed by atoms with Crippen LogP contribution in [-0.2, 0) is 4.79 Å². The molecule has 4 N–H and O–H groups in total. The van der Waals surface area contributed by atoms with Gasteiger partial charge in [0, 0.05) is 26.1 Å². The van der Waals surface area contributed by atoms with Gasteiger partial charge in [0.1, 0.15) is 0 Å². The number of amides is 1. The van der Waals surface area contributed by atoms with Crippen molar-refractivity contribution in [3.63, 3.8) is 0 Å². The number of hydrogen-bond acceptors (Lipinski definition) is 3. The van der Waals surface area contributed by atoms with Crippen LogP contribution in [0.1, 0.15) is 64.7 Å². The fourth-order valence-electron chi connectivity index (χ4n) is 4.55. The molecule has 2 fully saturated rings. The largest absolute Gasteiger partial charge is 0.369 e. The van der Waals surface area contributed by atoms with Crippen molar-refractivity contribution in [1.82, 2.24) is 15.5 Å². The number of aliphatic imine (C=N–C) groups is 1. The Morgan fingerprint density at radius 3 is 2.46 bits per heavy atom. The highest BCUT2D eigenvalue weighted by atomic mass is 127. The molecule has 0 aromatic heterocycles. The van der Waals surface area contributed by atoms with Crippen LogP contribution >= 0.6 is 24.0 Å². The quantitative estimate of drug-likeness (QED) is 0.194. The standard InChI is InChI=1S/C21H41N5O.HI/c1-17-6-5-7-18(16-17)8-12-25-21(23-2)24-11-3-4-13-26-14-9-19(10-15-26)20(22)27;/h17-19H,3-16H2,1-2H3,(H2,22,27)(H2,23,24,25);1H. The number of unbranched alkanes of at least 4 members (excludes halogenated alkanes) is 1. The zero-order chi connectivity index (χ0) is 19.5. The lowest BCUT2D eigenvalue weighted by molar-refractivity contribution is -0.123. The van der Waals surface area contributed by atoms with Gasteiger partial charge in [0.05, 0.1) is 0 Å². The van der Waals surface area contributed by atoms with Crippen molar-refractivity contribution in [1.29, 1.82) is 0 Å². The minimum Gasteiger partial charge on any atom is -0.369 e. The molecule has 1 heterocycles. The molecule has 28 heavy (non-hydrogen) atoms. The number of nitrogens with two attached hydrogens (primary N) is 1. The summed E-state index contributed by atoms with van der Waals surface area (Å²) in [5, 5.41) is 6.91. The monoisotopic (exact) mass is 507 g/mol. The van der Waals surface area contributed by atoms with Gasteiger partial charge in [-0.3, -0.25) is 9.79 Å². The second-order valence-corrected chi connectivity index (χ2v) is 8.58. The number of carbonyl (C=O) groups excluding carboxylic acids is 1. The van der Waals surface area contributed by atoms with Gasteiger partial charge in [0.25, 0.3) is 0 Å². The Labute approximate surface area is 188 Å². The molecule has 0 aromatic carbocycles. The third kappa shape index (κ3) is 9.76. The number of likely N-dealkylation sites (tertiary alicyclic amines) is 1. The van der Waals surface area contributed by atoms with Crippen LogP contribution < -0.4 is 16.4 Å². The molecule has 0 bridgehead atoms. The van der Waals surface area contributed by atoms with E-state index in [0.29, 0.717) is 0 Å². The Bertz CT molecular complexity index is 466. The molecule has 2 atom stereocenters. The van der Waals surface area contributed by atoms with E-state index in [1.54, 1.807) is 0 Å². The molecule has 164 valence electrons. The summed E-state index contributed by atoms with van der Waals surface area (Å²) in [7, 11) is 1.85. The molecule has 0 radical (unpaired) electrons. The summed E-state index contributed by atoms with van der Waals surface area (Å²) in [6.45, 7) is 7.48. The molecule has 1 saturated carbocycles. The number of guanidine groups is 1. The smallest absolute Gasteiger partial charge is 0.220 e. The molecule has 0 aromatic rings. The third-order valence-electron chi connectivity index (χ3n) is 6.30. The molecule has 1 saturated heterocycles. The van der Waals surface area contributed by atoms with Crippen molar-refractivity contribution in [2.24, 2.45) is 28.5 Å². The van der Waals surface area contributed by atoms with E-state index in [0.717, 1.165) is 69.8 Å². The Kier molecular flexibility index (Phi) is 13.1. The highest BCUT2D eigenvalue weighted by Gasteiger charge is 2.22. The lowest BCUT2D eigenvalue weighted by atomic mass is 9.81. The van der Waals surface area contributed by atoms with Crippen LogP contribution in [0.15, 0.2) is 4.99 Å². The molecule has 0 spiro atoms. The van der Waals surface area contributed by atoms with Gasteiger partial charge in [0.2, 0.25) is 5.91 Å². The van der Waals surface area contributed by atoms with E-state index in [4.69, 9.17) is 5.73 Å². The Morgan fingerprint density at radius 1 is 1.11 bits per heavy atom. The first-order valence-corrected chi connectivity index (χ1v) is 11.0. The highest BCUT2D eigenvalue weighted by molar-refractivity contribution is 14.0. The van der Waals surface area contributed by atoms with Crippen LogP contribution in [0.3, 0.4) is 0 Å². The number of hydrogen-bond donors (Lipinski definition) is 3. The fourth-order valence-corrected chi connectivity index (χ4v) is 4.55. The first-order valence-electron chi connectivity index (χ1n) is 11.0. The number of nitrogens with zero attached hydrogens (tertiary/aromatic N) is 2. The van der Waals surface area contributed by atoms with Crippen LogP contribution in [0.5, 0.6) is 0 Å². The maximum Gasteiger partial charge on any atom is 0.220 e. The fraction of sp³-hybridized carbons (Fsp3) is 0.905. The van der Waals surface area contributed by atoms with E-state index in [1.807, 2.05) is 7.05 Å². The van der Waals surface area contributed by atoms with Crippen molar-refractivity contribution in [2.75, 3.05) is 39.8 Å². The Balaban J connectivity index is 0.00000392. The Morgan fingerprint density at radius 2 is 1.82 bits per heavy atom. The summed E-state index contributed by atoms with van der Waals surface area (Å²) in [6, 6.07) is 0. The maximum atomic E-state index is 11.2. The van der Waals surface area contributed by atoms with E-state index < -0.39 is 0 Å². The van der Waals surface area contributed by atoms with Crippen LogP contribution in [0.4, 0.5) is 0 Å². The predicted octanol–water partition coefficient (Wildman–Crippen LogP) is 2.96. The number of piperidine rings is 1. The number of rotatable bonds is 9.